The molecule has 1 aliphatic rings. The molecule has 1 fully saturated rings. The molecule has 2 aromatic rings. The van der Waals surface area contributed by atoms with Gasteiger partial charge in [0.2, 0.25) is 0 Å². The zero-order valence-electron chi connectivity index (χ0n) is 14.5. The lowest BCUT2D eigenvalue weighted by Crippen LogP contribution is -2.40. The number of aromatic nitrogens is 2. The van der Waals surface area contributed by atoms with Gasteiger partial charge in [0.25, 0.3) is 0 Å². The van der Waals surface area contributed by atoms with Crippen molar-refractivity contribution in [2.75, 3.05) is 33.7 Å². The number of hydrogen-bond donors (Lipinski definition) is 1. The average Bonchev–Trinajstić information content (AvgIpc) is 2.93. The minimum absolute atomic E-state index is 0.585. The smallest absolute Gasteiger partial charge is 0.151 e. The number of likely N-dealkylation sites (N-methyl/N-ethyl adjacent to an activating group) is 1. The molecule has 0 saturated carbocycles. The summed E-state index contributed by atoms with van der Waals surface area (Å²) in [7, 11) is 4.02. The third kappa shape index (κ3) is 4.41. The molecule has 130 valence electrons. The molecule has 2 aromatic heterocycles. The van der Waals surface area contributed by atoms with Gasteiger partial charge in [-0.15, -0.1) is 0 Å². The highest BCUT2D eigenvalue weighted by Gasteiger charge is 2.30. The molecule has 0 amide bonds. The van der Waals surface area contributed by atoms with E-state index in [1.807, 2.05) is 38.4 Å². The van der Waals surface area contributed by atoms with Gasteiger partial charge < -0.3 is 14.5 Å². The third-order valence-corrected chi connectivity index (χ3v) is 4.49. The lowest BCUT2D eigenvalue weighted by molar-refractivity contribution is 0.00241. The van der Waals surface area contributed by atoms with E-state index < -0.39 is 5.60 Å². The first kappa shape index (κ1) is 17.1. The summed E-state index contributed by atoms with van der Waals surface area (Å²) >= 11 is 0. The van der Waals surface area contributed by atoms with Gasteiger partial charge in [-0.1, -0.05) is 11.2 Å². The molecule has 1 aliphatic heterocycles. The van der Waals surface area contributed by atoms with Crippen molar-refractivity contribution in [1.82, 2.24) is 19.9 Å². The Hall–Kier alpha value is -1.76. The second-order valence-electron chi connectivity index (χ2n) is 6.99. The van der Waals surface area contributed by atoms with E-state index in [0.717, 1.165) is 56.0 Å². The predicted octanol–water partition coefficient (Wildman–Crippen LogP) is 2.02. The molecule has 6 heteroatoms. The highest BCUT2D eigenvalue weighted by Crippen LogP contribution is 2.24. The Balaban J connectivity index is 1.60. The number of pyridine rings is 1. The van der Waals surface area contributed by atoms with Gasteiger partial charge in [0, 0.05) is 25.4 Å². The maximum atomic E-state index is 10.7. The standard InChI is InChI=1S/C18H26N4O2/c1-21(2)14-18(23)7-5-10-22(11-8-18)13-15-12-17(20-24-15)16-6-3-4-9-19-16/h3-4,6,9,12,23H,5,7-8,10-11,13-14H2,1-2H3. The summed E-state index contributed by atoms with van der Waals surface area (Å²) in [5, 5.41) is 14.9. The van der Waals surface area contributed by atoms with Gasteiger partial charge in [0.1, 0.15) is 5.69 Å². The molecule has 6 nitrogen and oxygen atoms in total. The van der Waals surface area contributed by atoms with Crippen molar-refractivity contribution in [3.63, 3.8) is 0 Å². The molecule has 0 bridgehead atoms. The molecular formula is C18H26N4O2. The fourth-order valence-corrected chi connectivity index (χ4v) is 3.38. The van der Waals surface area contributed by atoms with Crippen LogP contribution in [0.15, 0.2) is 35.0 Å². The summed E-state index contributed by atoms with van der Waals surface area (Å²) in [6.45, 7) is 3.27. The monoisotopic (exact) mass is 330 g/mol. The van der Waals surface area contributed by atoms with Crippen LogP contribution in [0.5, 0.6) is 0 Å². The van der Waals surface area contributed by atoms with Crippen LogP contribution in [0.2, 0.25) is 0 Å². The Morgan fingerprint density at radius 1 is 1.25 bits per heavy atom. The van der Waals surface area contributed by atoms with Crippen molar-refractivity contribution in [1.29, 1.82) is 0 Å². The highest BCUT2D eigenvalue weighted by molar-refractivity contribution is 5.52. The van der Waals surface area contributed by atoms with Crippen molar-refractivity contribution >= 4 is 0 Å². The zero-order chi connectivity index (χ0) is 17.0. The van der Waals surface area contributed by atoms with Crippen LogP contribution in [0.4, 0.5) is 0 Å². The number of hydrogen-bond acceptors (Lipinski definition) is 6. The number of nitrogens with zero attached hydrogens (tertiary/aromatic N) is 4. The Morgan fingerprint density at radius 3 is 2.88 bits per heavy atom. The van der Waals surface area contributed by atoms with Gasteiger partial charge in [0.15, 0.2) is 5.76 Å². The van der Waals surface area contributed by atoms with E-state index in [1.165, 1.54) is 0 Å². The maximum Gasteiger partial charge on any atom is 0.151 e. The van der Waals surface area contributed by atoms with Crippen LogP contribution in [0.1, 0.15) is 25.0 Å². The minimum atomic E-state index is -0.585. The number of rotatable bonds is 5. The lowest BCUT2D eigenvalue weighted by Gasteiger charge is -2.29. The summed E-state index contributed by atoms with van der Waals surface area (Å²) in [6, 6.07) is 7.71. The topological polar surface area (TPSA) is 65.6 Å². The first-order valence-electron chi connectivity index (χ1n) is 8.51. The number of likely N-dealkylation sites (tertiary alicyclic amines) is 1. The molecule has 1 saturated heterocycles. The van der Waals surface area contributed by atoms with E-state index in [9.17, 15) is 5.11 Å². The van der Waals surface area contributed by atoms with Gasteiger partial charge in [-0.3, -0.25) is 9.88 Å². The maximum absolute atomic E-state index is 10.7. The second-order valence-corrected chi connectivity index (χ2v) is 6.99. The summed E-state index contributed by atoms with van der Waals surface area (Å²) in [5.74, 6) is 0.841. The van der Waals surface area contributed by atoms with Crippen molar-refractivity contribution in [2.45, 2.75) is 31.4 Å². The van der Waals surface area contributed by atoms with Gasteiger partial charge in [-0.25, -0.2) is 0 Å². The average molecular weight is 330 g/mol. The number of aliphatic hydroxyl groups is 1. The molecule has 0 radical (unpaired) electrons. The van der Waals surface area contributed by atoms with Crippen LogP contribution in [0.25, 0.3) is 11.4 Å². The SMILES string of the molecule is CN(C)CC1(O)CCCN(Cc2cc(-c3ccccn3)no2)CC1. The molecule has 3 heterocycles. The van der Waals surface area contributed by atoms with Crippen molar-refractivity contribution < 1.29 is 9.63 Å². The molecule has 0 aliphatic carbocycles. The molecule has 1 atom stereocenters. The molecule has 1 N–H and O–H groups in total. The zero-order valence-corrected chi connectivity index (χ0v) is 14.5. The van der Waals surface area contributed by atoms with Crippen molar-refractivity contribution in [3.8, 4) is 11.4 Å². The van der Waals surface area contributed by atoms with Gasteiger partial charge in [0.05, 0.1) is 17.8 Å². The summed E-state index contributed by atoms with van der Waals surface area (Å²) < 4.78 is 5.48. The minimum Gasteiger partial charge on any atom is -0.389 e. The van der Waals surface area contributed by atoms with E-state index in [4.69, 9.17) is 4.52 Å². The Labute approximate surface area is 143 Å². The summed E-state index contributed by atoms with van der Waals surface area (Å²) in [5.41, 5.74) is 1.01. The van der Waals surface area contributed by atoms with Crippen LogP contribution in [-0.4, -0.2) is 64.4 Å². The van der Waals surface area contributed by atoms with Crippen molar-refractivity contribution in [3.05, 3.63) is 36.2 Å². The normalized spacial score (nSPS) is 22.7. The molecule has 1 unspecified atom stereocenters. The van der Waals surface area contributed by atoms with Crippen LogP contribution in [-0.2, 0) is 6.54 Å². The van der Waals surface area contributed by atoms with E-state index >= 15 is 0 Å². The van der Waals surface area contributed by atoms with E-state index in [2.05, 4.69) is 19.9 Å². The first-order chi connectivity index (χ1) is 11.5. The van der Waals surface area contributed by atoms with E-state index in [-0.39, 0.29) is 0 Å². The Morgan fingerprint density at radius 2 is 2.12 bits per heavy atom. The fourth-order valence-electron chi connectivity index (χ4n) is 3.38. The van der Waals surface area contributed by atoms with Crippen LogP contribution >= 0.6 is 0 Å². The molecule has 0 spiro atoms. The van der Waals surface area contributed by atoms with E-state index in [0.29, 0.717) is 6.54 Å². The largest absolute Gasteiger partial charge is 0.389 e. The van der Waals surface area contributed by atoms with Crippen LogP contribution in [0.3, 0.4) is 0 Å². The van der Waals surface area contributed by atoms with Gasteiger partial charge in [-0.05, 0) is 52.0 Å². The third-order valence-electron chi connectivity index (χ3n) is 4.49. The van der Waals surface area contributed by atoms with Gasteiger partial charge >= 0.3 is 0 Å². The Bertz CT molecular complexity index is 643. The molecular weight excluding hydrogens is 304 g/mol. The summed E-state index contributed by atoms with van der Waals surface area (Å²) in [6.07, 6.45) is 4.37. The second kappa shape index (κ2) is 7.42. The van der Waals surface area contributed by atoms with Crippen molar-refractivity contribution in [2.24, 2.45) is 0 Å². The molecule has 3 rings (SSSR count). The van der Waals surface area contributed by atoms with E-state index in [1.54, 1.807) is 6.20 Å². The molecule has 24 heavy (non-hydrogen) atoms. The van der Waals surface area contributed by atoms with Crippen LogP contribution in [0, 0.1) is 0 Å². The summed E-state index contributed by atoms with van der Waals surface area (Å²) in [4.78, 5) is 8.69. The Kier molecular flexibility index (Phi) is 5.28. The van der Waals surface area contributed by atoms with Gasteiger partial charge in [-0.2, -0.15) is 0 Å². The lowest BCUT2D eigenvalue weighted by atomic mass is 9.94. The first-order valence-corrected chi connectivity index (χ1v) is 8.51. The van der Waals surface area contributed by atoms with Crippen LogP contribution < -0.4 is 0 Å². The highest BCUT2D eigenvalue weighted by atomic mass is 16.5. The quantitative estimate of drug-likeness (QED) is 0.905. The fraction of sp³-hybridized carbons (Fsp3) is 0.556. The predicted molar refractivity (Wildman–Crippen MR) is 92.4 cm³/mol. The molecule has 0 aromatic carbocycles.